The number of hydrogen-bond donors (Lipinski definition) is 0. The molecule has 4 bridgehead atoms. The summed E-state index contributed by atoms with van der Waals surface area (Å²) in [5.41, 5.74) is 1.24. The Morgan fingerprint density at radius 3 is 1.81 bits per heavy atom. The van der Waals surface area contributed by atoms with E-state index in [4.69, 9.17) is 14.2 Å². The number of ether oxygens (including phenoxy) is 3. The molecule has 5 heteroatoms. The van der Waals surface area contributed by atoms with Gasteiger partial charge in [0.2, 0.25) is 5.76 Å². The van der Waals surface area contributed by atoms with Crippen LogP contribution in [0.4, 0.5) is 0 Å². The van der Waals surface area contributed by atoms with E-state index in [2.05, 4.69) is 0 Å². The highest BCUT2D eigenvalue weighted by atomic mass is 16.7. The van der Waals surface area contributed by atoms with Crippen molar-refractivity contribution in [1.82, 2.24) is 0 Å². The summed E-state index contributed by atoms with van der Waals surface area (Å²) < 4.78 is 15.8. The average Bonchev–Trinajstić information content (AvgIpc) is 2.54. The minimum absolute atomic E-state index is 0.224. The number of cyclic esters (lactones) is 2. The van der Waals surface area contributed by atoms with Gasteiger partial charge >= 0.3 is 17.9 Å². The van der Waals surface area contributed by atoms with Gasteiger partial charge in [0.05, 0.1) is 11.1 Å². The molecule has 3 aliphatic rings. The largest absolute Gasteiger partial charge is 0.449 e. The minimum atomic E-state index is -0.601. The summed E-state index contributed by atoms with van der Waals surface area (Å²) >= 11 is 0. The van der Waals surface area contributed by atoms with Crippen molar-refractivity contribution in [3.05, 3.63) is 71.2 Å². The lowest BCUT2D eigenvalue weighted by molar-refractivity contribution is 0.0212. The Bertz CT molecular complexity index is 766. The second kappa shape index (κ2) is 4.21. The molecule has 0 unspecified atom stereocenters. The van der Waals surface area contributed by atoms with Crippen molar-refractivity contribution < 1.29 is 23.8 Å². The molecule has 0 saturated heterocycles. The van der Waals surface area contributed by atoms with E-state index >= 15 is 0 Å². The number of carbonyl (C=O) groups is 2. The number of benzene rings is 2. The lowest BCUT2D eigenvalue weighted by Crippen LogP contribution is -2.19. The number of carbonyl (C=O) groups excluding carboxylic acids is 2. The molecule has 0 radical (unpaired) electrons. The Morgan fingerprint density at radius 2 is 1.29 bits per heavy atom. The zero-order valence-electron chi connectivity index (χ0n) is 10.7. The van der Waals surface area contributed by atoms with Crippen LogP contribution in [0.3, 0.4) is 0 Å². The van der Waals surface area contributed by atoms with E-state index in [1.165, 1.54) is 6.07 Å². The molecule has 0 aromatic heterocycles. The molecule has 0 aliphatic carbocycles. The predicted octanol–water partition coefficient (Wildman–Crippen LogP) is 2.73. The lowest BCUT2D eigenvalue weighted by atomic mass is 10.1. The molecule has 0 saturated carbocycles. The predicted molar refractivity (Wildman–Crippen MR) is 71.3 cm³/mol. The maximum Gasteiger partial charge on any atom is 0.346 e. The maximum absolute atomic E-state index is 12.0. The first kappa shape index (κ1) is 11.7. The molecule has 3 heterocycles. The first-order valence-corrected chi connectivity index (χ1v) is 6.28. The van der Waals surface area contributed by atoms with Gasteiger partial charge in [0.25, 0.3) is 0 Å². The highest BCUT2D eigenvalue weighted by molar-refractivity contribution is 5.98. The standard InChI is InChI=1S/C16H8O5/c17-14-10-2-1-3-11(8-10)15(18)21-16(20-14)13-9-4-6-12(19-13)7-5-9/h1-8H. The van der Waals surface area contributed by atoms with Crippen molar-refractivity contribution >= 4 is 17.7 Å². The van der Waals surface area contributed by atoms with Crippen LogP contribution in [-0.4, -0.2) is 11.9 Å². The monoisotopic (exact) mass is 280 g/mol. The Balaban J connectivity index is 1.83. The normalized spacial score (nSPS) is 15.8. The van der Waals surface area contributed by atoms with Crippen LogP contribution < -0.4 is 4.74 Å². The van der Waals surface area contributed by atoms with Crippen LogP contribution in [0.1, 0.15) is 26.3 Å². The fraction of sp³-hybridized carbons (Fsp3) is 0. The fourth-order valence-electron chi connectivity index (χ4n) is 2.18. The van der Waals surface area contributed by atoms with Gasteiger partial charge in [-0.3, -0.25) is 0 Å². The minimum Gasteiger partial charge on any atom is -0.449 e. The summed E-state index contributed by atoms with van der Waals surface area (Å²) in [6, 6.07) is 13.3. The van der Waals surface area contributed by atoms with Crippen LogP contribution >= 0.6 is 0 Å². The van der Waals surface area contributed by atoms with Gasteiger partial charge < -0.3 is 14.2 Å². The van der Waals surface area contributed by atoms with Gasteiger partial charge in [-0.2, -0.15) is 0 Å². The Morgan fingerprint density at radius 1 is 0.667 bits per heavy atom. The van der Waals surface area contributed by atoms with Crippen LogP contribution in [0.15, 0.2) is 54.5 Å². The second-order valence-electron chi connectivity index (χ2n) is 4.60. The summed E-state index contributed by atoms with van der Waals surface area (Å²) in [4.78, 5) is 24.1. The summed E-state index contributed by atoms with van der Waals surface area (Å²) in [6.45, 7) is 0. The molecule has 5 nitrogen and oxygen atoms in total. The SMILES string of the molecule is O=C1OC(=C2Oc3ccc2cc3)OC(=O)c2cccc1c2. The Labute approximate surface area is 119 Å². The molecule has 0 atom stereocenters. The van der Waals surface area contributed by atoms with Gasteiger partial charge in [-0.1, -0.05) is 6.07 Å². The van der Waals surface area contributed by atoms with E-state index in [1.807, 2.05) is 0 Å². The van der Waals surface area contributed by atoms with Crippen molar-refractivity contribution in [2.24, 2.45) is 0 Å². The second-order valence-corrected chi connectivity index (χ2v) is 4.60. The summed E-state index contributed by atoms with van der Waals surface area (Å²) in [6.07, 6.45) is 0. The van der Waals surface area contributed by atoms with Crippen LogP contribution in [0.5, 0.6) is 5.75 Å². The molecule has 102 valence electrons. The smallest absolute Gasteiger partial charge is 0.346 e. The first-order chi connectivity index (χ1) is 10.2. The van der Waals surface area contributed by atoms with E-state index in [1.54, 1.807) is 42.5 Å². The molecule has 21 heavy (non-hydrogen) atoms. The molecule has 0 fully saturated rings. The van der Waals surface area contributed by atoms with Gasteiger partial charge in [-0.25, -0.2) is 9.59 Å². The van der Waals surface area contributed by atoms with E-state index in [-0.39, 0.29) is 22.8 Å². The van der Waals surface area contributed by atoms with Gasteiger partial charge in [0.15, 0.2) is 0 Å². The summed E-state index contributed by atoms with van der Waals surface area (Å²) in [7, 11) is 0. The highest BCUT2D eigenvalue weighted by Crippen LogP contribution is 2.32. The molecule has 0 N–H and O–H groups in total. The zero-order chi connectivity index (χ0) is 14.4. The molecular weight excluding hydrogens is 272 g/mol. The zero-order valence-corrected chi connectivity index (χ0v) is 10.7. The van der Waals surface area contributed by atoms with E-state index < -0.39 is 11.9 Å². The van der Waals surface area contributed by atoms with Crippen LogP contribution in [-0.2, 0) is 9.47 Å². The third-order valence-corrected chi connectivity index (χ3v) is 3.23. The van der Waals surface area contributed by atoms with E-state index in [9.17, 15) is 9.59 Å². The van der Waals surface area contributed by atoms with E-state index in [0.29, 0.717) is 11.3 Å². The van der Waals surface area contributed by atoms with Crippen molar-refractivity contribution in [1.29, 1.82) is 0 Å². The third kappa shape index (κ3) is 1.87. The highest BCUT2D eigenvalue weighted by Gasteiger charge is 2.28. The topological polar surface area (TPSA) is 61.8 Å². The van der Waals surface area contributed by atoms with Gasteiger partial charge in [0, 0.05) is 5.56 Å². The molecule has 0 spiro atoms. The molecule has 2 aromatic carbocycles. The van der Waals surface area contributed by atoms with Gasteiger partial charge in [-0.15, -0.1) is 0 Å². The Hall–Kier alpha value is -3.08. The van der Waals surface area contributed by atoms with Gasteiger partial charge in [0.1, 0.15) is 5.75 Å². The van der Waals surface area contributed by atoms with Crippen molar-refractivity contribution in [2.45, 2.75) is 0 Å². The quantitative estimate of drug-likeness (QED) is 0.694. The number of rotatable bonds is 0. The van der Waals surface area contributed by atoms with Crippen molar-refractivity contribution in [2.75, 3.05) is 0 Å². The van der Waals surface area contributed by atoms with E-state index in [0.717, 1.165) is 0 Å². The lowest BCUT2D eigenvalue weighted by Gasteiger charge is -2.20. The van der Waals surface area contributed by atoms with Crippen LogP contribution in [0.25, 0.3) is 5.76 Å². The Kier molecular flexibility index (Phi) is 2.35. The summed E-state index contributed by atoms with van der Waals surface area (Å²) in [5.74, 6) is -0.633. The molecule has 2 aromatic rings. The maximum atomic E-state index is 12.0. The molecule has 0 amide bonds. The van der Waals surface area contributed by atoms with Crippen LogP contribution in [0.2, 0.25) is 0 Å². The van der Waals surface area contributed by atoms with Crippen molar-refractivity contribution in [3.8, 4) is 5.75 Å². The number of fused-ring (bicyclic) bond motifs is 5. The number of esters is 2. The average molecular weight is 280 g/mol. The fourth-order valence-corrected chi connectivity index (χ4v) is 2.18. The molecular formula is C16H8O5. The summed E-state index contributed by atoms with van der Waals surface area (Å²) in [5, 5.41) is 0. The van der Waals surface area contributed by atoms with Crippen molar-refractivity contribution in [3.63, 3.8) is 0 Å². The molecule has 3 aliphatic heterocycles. The van der Waals surface area contributed by atoms with Gasteiger partial charge in [-0.05, 0) is 42.5 Å². The van der Waals surface area contributed by atoms with Crippen LogP contribution in [0, 0.1) is 0 Å². The first-order valence-electron chi connectivity index (χ1n) is 6.28. The third-order valence-electron chi connectivity index (χ3n) is 3.23. The number of hydrogen-bond acceptors (Lipinski definition) is 5. The molecule has 5 rings (SSSR count).